The van der Waals surface area contributed by atoms with Crippen LogP contribution in [-0.4, -0.2) is 29.0 Å². The molecular weight excluding hydrogens is 300 g/mol. The second-order valence-electron chi connectivity index (χ2n) is 9.25. The highest BCUT2D eigenvalue weighted by Gasteiger charge is 2.20. The van der Waals surface area contributed by atoms with E-state index in [4.69, 9.17) is 0 Å². The molecule has 0 aromatic rings. The standard InChI is InChI=1S/2C8H19P.B.ClH/c2*1-7(2,3)9-8(4,5)6;;/h2*9H,1-6H3;;1H. The van der Waals surface area contributed by atoms with Crippen LogP contribution in [0, 0.1) is 0 Å². The van der Waals surface area contributed by atoms with Gasteiger partial charge in [0.05, 0.1) is 0 Å². The summed E-state index contributed by atoms with van der Waals surface area (Å²) in [6.45, 7) is 27.6. The molecule has 0 N–H and O–H groups in total. The van der Waals surface area contributed by atoms with Crippen molar-refractivity contribution in [2.75, 3.05) is 0 Å². The van der Waals surface area contributed by atoms with Gasteiger partial charge in [-0.05, 0) is 20.6 Å². The van der Waals surface area contributed by atoms with E-state index in [1.165, 1.54) is 0 Å². The lowest BCUT2D eigenvalue weighted by Gasteiger charge is -2.28. The molecule has 0 amide bonds. The van der Waals surface area contributed by atoms with Gasteiger partial charge in [0.1, 0.15) is 0 Å². The zero-order chi connectivity index (χ0) is 15.4. The Morgan fingerprint density at radius 2 is 0.500 bits per heavy atom. The van der Waals surface area contributed by atoms with Crippen LogP contribution >= 0.6 is 29.6 Å². The minimum Gasteiger partial charge on any atom is -0.147 e. The molecule has 0 fully saturated rings. The highest BCUT2D eigenvalue weighted by molar-refractivity contribution is 7.42. The first kappa shape index (κ1) is 29.3. The molecule has 0 unspecified atom stereocenters. The second kappa shape index (κ2) is 10.1. The maximum Gasteiger partial charge on any atom is 0 e. The fourth-order valence-electron chi connectivity index (χ4n) is 2.25. The summed E-state index contributed by atoms with van der Waals surface area (Å²) in [6.07, 6.45) is 0. The minimum atomic E-state index is 0. The van der Waals surface area contributed by atoms with Gasteiger partial charge in [-0.3, -0.25) is 0 Å². The summed E-state index contributed by atoms with van der Waals surface area (Å²) in [5.74, 6) is 0. The average molecular weight is 340 g/mol. The van der Waals surface area contributed by atoms with Crippen molar-refractivity contribution in [2.24, 2.45) is 0 Å². The Balaban J connectivity index is -0.000000116. The van der Waals surface area contributed by atoms with Gasteiger partial charge >= 0.3 is 0 Å². The normalized spacial score (nSPS) is 12.6. The van der Waals surface area contributed by atoms with Crippen molar-refractivity contribution in [3.05, 3.63) is 0 Å². The second-order valence-corrected chi connectivity index (χ2v) is 15.8. The molecule has 0 aliphatic rings. The monoisotopic (exact) mass is 339 g/mol. The van der Waals surface area contributed by atoms with Gasteiger partial charge in [-0.25, -0.2) is 0 Å². The molecule has 0 nitrogen and oxygen atoms in total. The Kier molecular flexibility index (Phi) is 14.7. The molecule has 0 atom stereocenters. The first-order chi connectivity index (χ1) is 7.41. The van der Waals surface area contributed by atoms with Crippen molar-refractivity contribution in [2.45, 2.75) is 104 Å². The van der Waals surface area contributed by atoms with E-state index in [9.17, 15) is 0 Å². The highest BCUT2D eigenvalue weighted by Crippen LogP contribution is 2.42. The van der Waals surface area contributed by atoms with Crippen molar-refractivity contribution < 1.29 is 0 Å². The van der Waals surface area contributed by atoms with Crippen LogP contribution in [0.25, 0.3) is 0 Å². The number of hydrogen-bond acceptors (Lipinski definition) is 0. The third-order valence-corrected chi connectivity index (χ3v) is 4.50. The predicted molar refractivity (Wildman–Crippen MR) is 109 cm³/mol. The van der Waals surface area contributed by atoms with Crippen molar-refractivity contribution >= 4 is 38.0 Å². The number of rotatable bonds is 0. The Morgan fingerprint density at radius 3 is 0.500 bits per heavy atom. The Labute approximate surface area is 142 Å². The fraction of sp³-hybridized carbons (Fsp3) is 1.00. The molecule has 0 spiro atoms. The van der Waals surface area contributed by atoms with Crippen LogP contribution in [0.15, 0.2) is 0 Å². The van der Waals surface area contributed by atoms with Crippen LogP contribution in [0.5, 0.6) is 0 Å². The van der Waals surface area contributed by atoms with E-state index in [1.54, 1.807) is 0 Å². The zero-order valence-electron chi connectivity index (χ0n) is 16.0. The molecule has 20 heavy (non-hydrogen) atoms. The van der Waals surface area contributed by atoms with Gasteiger partial charge in [0.2, 0.25) is 0 Å². The summed E-state index contributed by atoms with van der Waals surface area (Å²) in [5, 5.41) is 2.05. The van der Waals surface area contributed by atoms with Crippen molar-refractivity contribution in [3.63, 3.8) is 0 Å². The van der Waals surface area contributed by atoms with Crippen LogP contribution in [0.4, 0.5) is 0 Å². The lowest BCUT2D eigenvalue weighted by Crippen LogP contribution is -2.16. The van der Waals surface area contributed by atoms with Gasteiger partial charge in [-0.1, -0.05) is 83.1 Å². The third-order valence-electron chi connectivity index (χ3n) is 1.50. The molecule has 0 saturated carbocycles. The van der Waals surface area contributed by atoms with Crippen LogP contribution in [0.1, 0.15) is 83.1 Å². The van der Waals surface area contributed by atoms with E-state index in [2.05, 4.69) is 83.1 Å². The Morgan fingerprint density at radius 1 is 0.400 bits per heavy atom. The van der Waals surface area contributed by atoms with Gasteiger partial charge in [0.15, 0.2) is 0 Å². The van der Waals surface area contributed by atoms with E-state index >= 15 is 0 Å². The predicted octanol–water partition coefficient (Wildman–Crippen LogP) is 6.56. The number of hydrogen-bond donors (Lipinski definition) is 0. The molecule has 123 valence electrons. The molecule has 0 aromatic carbocycles. The Bertz CT molecular complexity index is 177. The van der Waals surface area contributed by atoms with Gasteiger partial charge < -0.3 is 0 Å². The van der Waals surface area contributed by atoms with E-state index in [1.807, 2.05) is 0 Å². The molecule has 0 aliphatic carbocycles. The minimum absolute atomic E-state index is 0. The van der Waals surface area contributed by atoms with Crippen molar-refractivity contribution in [1.29, 1.82) is 0 Å². The molecule has 0 saturated heterocycles. The third kappa shape index (κ3) is 36.5. The summed E-state index contributed by atoms with van der Waals surface area (Å²) in [7, 11) is 2.10. The van der Waals surface area contributed by atoms with Crippen LogP contribution < -0.4 is 0 Å². The van der Waals surface area contributed by atoms with Crippen LogP contribution in [0.2, 0.25) is 0 Å². The average Bonchev–Trinajstić information content (AvgIpc) is 1.64. The number of halogens is 1. The summed E-state index contributed by atoms with van der Waals surface area (Å²) in [4.78, 5) is 0. The molecule has 4 heteroatoms. The van der Waals surface area contributed by atoms with Gasteiger partial charge in [-0.15, -0.1) is 29.6 Å². The van der Waals surface area contributed by atoms with Gasteiger partial charge in [0.25, 0.3) is 0 Å². The summed E-state index contributed by atoms with van der Waals surface area (Å²) < 4.78 is 0. The SMILES string of the molecule is CC(C)(C)PC(C)(C)C.CC(C)(C)PC(C)(C)C.Cl.[B]. The van der Waals surface area contributed by atoms with E-state index in [-0.39, 0.29) is 20.8 Å². The fourth-order valence-corrected chi connectivity index (χ4v) is 6.75. The summed E-state index contributed by atoms with van der Waals surface area (Å²) >= 11 is 0. The first-order valence-electron chi connectivity index (χ1n) is 7.00. The largest absolute Gasteiger partial charge is 0.147 e. The quantitative estimate of drug-likeness (QED) is 0.346. The molecular formula is C16H39BClP2. The van der Waals surface area contributed by atoms with Crippen LogP contribution in [-0.2, 0) is 0 Å². The maximum atomic E-state index is 2.30. The summed E-state index contributed by atoms with van der Waals surface area (Å²) in [5.41, 5.74) is 0. The van der Waals surface area contributed by atoms with E-state index in [0.717, 1.165) is 17.2 Å². The maximum absolute atomic E-state index is 2.30. The van der Waals surface area contributed by atoms with E-state index in [0.29, 0.717) is 20.6 Å². The van der Waals surface area contributed by atoms with Crippen molar-refractivity contribution in [3.8, 4) is 0 Å². The molecule has 0 aliphatic heterocycles. The highest BCUT2D eigenvalue weighted by atomic mass is 35.5. The summed E-state index contributed by atoms with van der Waals surface area (Å²) in [6, 6.07) is 0. The van der Waals surface area contributed by atoms with Crippen LogP contribution in [0.3, 0.4) is 0 Å². The molecule has 0 bridgehead atoms. The van der Waals surface area contributed by atoms with Gasteiger partial charge in [0, 0.05) is 8.41 Å². The molecule has 0 rings (SSSR count). The lowest BCUT2D eigenvalue weighted by molar-refractivity contribution is 0.724. The molecule has 0 heterocycles. The lowest BCUT2D eigenvalue weighted by atomic mass is 10.2. The van der Waals surface area contributed by atoms with Crippen molar-refractivity contribution in [1.82, 2.24) is 0 Å². The van der Waals surface area contributed by atoms with Gasteiger partial charge in [-0.2, -0.15) is 0 Å². The first-order valence-corrected chi connectivity index (χ1v) is 9.00. The molecule has 0 aromatic heterocycles. The Hall–Kier alpha value is 1.21. The smallest absolute Gasteiger partial charge is 0 e. The van der Waals surface area contributed by atoms with E-state index < -0.39 is 0 Å². The zero-order valence-corrected chi connectivity index (χ0v) is 18.8. The molecule has 3 radical (unpaired) electrons. The topological polar surface area (TPSA) is 0 Å².